The third kappa shape index (κ3) is 1.98. The van der Waals surface area contributed by atoms with Crippen LogP contribution in [0.4, 0.5) is 0 Å². The maximum absolute atomic E-state index is 7.63. The Balaban J connectivity index is 2.27. The molecule has 0 saturated carbocycles. The molecule has 0 aromatic carbocycles. The Morgan fingerprint density at radius 1 is 1.27 bits per heavy atom. The van der Waals surface area contributed by atoms with E-state index >= 15 is 0 Å². The molecule has 3 nitrogen and oxygen atoms in total. The molecule has 0 N–H and O–H groups in total. The molecule has 0 aromatic heterocycles. The fourth-order valence-electron chi connectivity index (χ4n) is 1.46. The van der Waals surface area contributed by atoms with Crippen molar-refractivity contribution in [1.29, 1.82) is 0 Å². The normalized spacial score (nSPS) is 39.7. The molecule has 2 aliphatic heterocycles. The van der Waals surface area contributed by atoms with Crippen molar-refractivity contribution < 1.29 is 19.5 Å². The summed E-state index contributed by atoms with van der Waals surface area (Å²) in [6, 6.07) is 0. The Bertz CT molecular complexity index is 404. The summed E-state index contributed by atoms with van der Waals surface area (Å²) in [6.07, 6.45) is 1.18. The van der Waals surface area contributed by atoms with E-state index in [1.807, 2.05) is 27.7 Å². The zero-order valence-corrected chi connectivity index (χ0v) is 9.59. The predicted molar refractivity (Wildman–Crippen MR) is 59.6 cm³/mol. The van der Waals surface area contributed by atoms with Crippen molar-refractivity contribution in [3.63, 3.8) is 0 Å². The maximum Gasteiger partial charge on any atom is 0.490 e. The SMILES string of the molecule is [2H]C1([2H])C=C(B2OC(C)(C)C(C)(C)O2)CC([2H])([2H])O1. The van der Waals surface area contributed by atoms with E-state index in [0.29, 0.717) is 5.47 Å². The lowest BCUT2D eigenvalue weighted by molar-refractivity contribution is 0.00578. The molecule has 1 saturated heterocycles. The molecule has 0 spiro atoms. The van der Waals surface area contributed by atoms with Gasteiger partial charge in [-0.25, -0.2) is 0 Å². The summed E-state index contributed by atoms with van der Waals surface area (Å²) < 4.78 is 46.8. The summed E-state index contributed by atoms with van der Waals surface area (Å²) in [7, 11) is -0.737. The van der Waals surface area contributed by atoms with Crippen LogP contribution in [0.15, 0.2) is 11.5 Å². The highest BCUT2D eigenvalue weighted by Gasteiger charge is 2.52. The van der Waals surface area contributed by atoms with Crippen LogP contribution in [0.2, 0.25) is 0 Å². The Morgan fingerprint density at radius 2 is 1.87 bits per heavy atom. The Morgan fingerprint density at radius 3 is 2.40 bits per heavy atom. The third-order valence-corrected chi connectivity index (χ3v) is 3.21. The highest BCUT2D eigenvalue weighted by atomic mass is 16.7. The van der Waals surface area contributed by atoms with Crippen molar-refractivity contribution in [2.24, 2.45) is 0 Å². The second kappa shape index (κ2) is 3.61. The second-order valence-electron chi connectivity index (χ2n) is 4.85. The van der Waals surface area contributed by atoms with E-state index in [0.717, 1.165) is 0 Å². The van der Waals surface area contributed by atoms with Crippen LogP contribution in [-0.4, -0.2) is 31.4 Å². The van der Waals surface area contributed by atoms with Gasteiger partial charge in [0.05, 0.1) is 29.8 Å². The van der Waals surface area contributed by atoms with Crippen LogP contribution in [0.25, 0.3) is 0 Å². The average Bonchev–Trinajstić information content (AvgIpc) is 2.30. The Hall–Kier alpha value is -0.315. The van der Waals surface area contributed by atoms with Gasteiger partial charge < -0.3 is 14.0 Å². The van der Waals surface area contributed by atoms with E-state index in [-0.39, 0.29) is 6.42 Å². The molecule has 2 aliphatic rings. The van der Waals surface area contributed by atoms with E-state index < -0.39 is 31.4 Å². The highest BCUT2D eigenvalue weighted by molar-refractivity contribution is 6.54. The first-order valence-electron chi connectivity index (χ1n) is 7.11. The van der Waals surface area contributed by atoms with E-state index in [2.05, 4.69) is 0 Å². The van der Waals surface area contributed by atoms with Crippen molar-refractivity contribution in [2.75, 3.05) is 13.1 Å². The molecule has 0 bridgehead atoms. The zero-order valence-electron chi connectivity index (χ0n) is 13.6. The van der Waals surface area contributed by atoms with E-state index in [9.17, 15) is 0 Å². The first-order chi connectivity index (χ1) is 8.34. The second-order valence-corrected chi connectivity index (χ2v) is 4.85. The summed E-state index contributed by atoms with van der Waals surface area (Å²) >= 11 is 0. The summed E-state index contributed by atoms with van der Waals surface area (Å²) in [4.78, 5) is 0. The predicted octanol–water partition coefficient (Wildman–Crippen LogP) is 1.96. The molecule has 15 heavy (non-hydrogen) atoms. The van der Waals surface area contributed by atoms with Gasteiger partial charge in [0.1, 0.15) is 0 Å². The number of rotatable bonds is 1. The van der Waals surface area contributed by atoms with Crippen molar-refractivity contribution in [3.8, 4) is 0 Å². The van der Waals surface area contributed by atoms with Gasteiger partial charge in [-0.1, -0.05) is 6.08 Å². The molecule has 0 unspecified atom stereocenters. The van der Waals surface area contributed by atoms with Crippen LogP contribution in [0, 0.1) is 0 Å². The lowest BCUT2D eigenvalue weighted by atomic mass is 9.75. The van der Waals surface area contributed by atoms with Crippen LogP contribution < -0.4 is 0 Å². The van der Waals surface area contributed by atoms with E-state index in [1.54, 1.807) is 0 Å². The fourth-order valence-corrected chi connectivity index (χ4v) is 1.46. The molecule has 4 heteroatoms. The van der Waals surface area contributed by atoms with Crippen molar-refractivity contribution in [3.05, 3.63) is 11.5 Å². The molecule has 2 heterocycles. The largest absolute Gasteiger partial charge is 0.490 e. The minimum atomic E-state index is -2.15. The number of ether oxygens (including phenoxy) is 1. The number of hydrogen-bond donors (Lipinski definition) is 0. The van der Waals surface area contributed by atoms with Gasteiger partial charge in [-0.2, -0.15) is 0 Å². The van der Waals surface area contributed by atoms with Crippen molar-refractivity contribution in [2.45, 2.75) is 45.3 Å². The molecule has 0 aliphatic carbocycles. The van der Waals surface area contributed by atoms with Crippen molar-refractivity contribution in [1.82, 2.24) is 0 Å². The van der Waals surface area contributed by atoms with Gasteiger partial charge in [-0.05, 0) is 39.6 Å². The Kier molecular flexibility index (Phi) is 1.71. The van der Waals surface area contributed by atoms with Crippen LogP contribution in [0.1, 0.15) is 39.6 Å². The molecule has 0 radical (unpaired) electrons. The van der Waals surface area contributed by atoms with Gasteiger partial charge in [-0.3, -0.25) is 0 Å². The third-order valence-electron chi connectivity index (χ3n) is 3.21. The van der Waals surface area contributed by atoms with E-state index in [1.165, 1.54) is 6.08 Å². The quantitative estimate of drug-likeness (QED) is 0.624. The minimum absolute atomic E-state index is 0.0661. The molecule has 1 fully saturated rings. The summed E-state index contributed by atoms with van der Waals surface area (Å²) in [5.74, 6) is 0. The Labute approximate surface area is 97.5 Å². The zero-order chi connectivity index (χ0) is 14.7. The monoisotopic (exact) mass is 214 g/mol. The first kappa shape index (κ1) is 7.10. The average molecular weight is 214 g/mol. The molecule has 0 amide bonds. The summed E-state index contributed by atoms with van der Waals surface area (Å²) in [6.45, 7) is 3.39. The van der Waals surface area contributed by atoms with Crippen LogP contribution >= 0.6 is 0 Å². The van der Waals surface area contributed by atoms with Gasteiger partial charge in [-0.15, -0.1) is 0 Å². The smallest absolute Gasteiger partial charge is 0.400 e. The van der Waals surface area contributed by atoms with Crippen LogP contribution in [0.3, 0.4) is 0 Å². The molecule has 2 rings (SSSR count). The lowest BCUT2D eigenvalue weighted by Crippen LogP contribution is -2.41. The number of hydrogen-bond acceptors (Lipinski definition) is 3. The summed E-state index contributed by atoms with van der Waals surface area (Å²) in [5, 5.41) is 0. The van der Waals surface area contributed by atoms with Crippen LogP contribution in [0.5, 0.6) is 0 Å². The molecule has 0 aromatic rings. The fraction of sp³-hybridized carbons (Fsp3) is 0.818. The van der Waals surface area contributed by atoms with Crippen molar-refractivity contribution >= 4 is 7.12 Å². The maximum atomic E-state index is 7.63. The van der Waals surface area contributed by atoms with Gasteiger partial charge >= 0.3 is 7.12 Å². The topological polar surface area (TPSA) is 27.7 Å². The molecule has 0 atom stereocenters. The van der Waals surface area contributed by atoms with E-state index in [4.69, 9.17) is 19.5 Å². The molecular formula is C11H19BO3. The van der Waals surface area contributed by atoms with Gasteiger partial charge in [0, 0.05) is 0 Å². The minimum Gasteiger partial charge on any atom is -0.400 e. The highest BCUT2D eigenvalue weighted by Crippen LogP contribution is 2.39. The van der Waals surface area contributed by atoms with Gasteiger partial charge in [0.2, 0.25) is 0 Å². The lowest BCUT2D eigenvalue weighted by Gasteiger charge is -2.32. The van der Waals surface area contributed by atoms with Crippen LogP contribution in [-0.2, 0) is 14.0 Å². The summed E-state index contributed by atoms with van der Waals surface area (Å²) in [5.41, 5.74) is -0.619. The molecular weight excluding hydrogens is 191 g/mol. The molecule has 84 valence electrons. The first-order valence-corrected chi connectivity index (χ1v) is 5.11. The van der Waals surface area contributed by atoms with Gasteiger partial charge in [0.15, 0.2) is 0 Å². The van der Waals surface area contributed by atoms with Gasteiger partial charge in [0.25, 0.3) is 0 Å². The standard InChI is InChI=1S/C11H19BO3/c1-10(2)11(3,4)15-12(14-10)9-5-7-13-8-6-9/h5H,6-8H2,1-4H3/i7D2,8D2.